The summed E-state index contributed by atoms with van der Waals surface area (Å²) in [7, 11) is 1.79. The Morgan fingerprint density at radius 1 is 1.44 bits per heavy atom. The molecule has 0 aliphatic heterocycles. The minimum absolute atomic E-state index is 0.0558. The molecule has 1 fully saturated rings. The predicted molar refractivity (Wildman–Crippen MR) is 69.9 cm³/mol. The Morgan fingerprint density at radius 2 is 2.22 bits per heavy atom. The summed E-state index contributed by atoms with van der Waals surface area (Å²) in [5.41, 5.74) is 0. The van der Waals surface area contributed by atoms with Crippen LogP contribution < -0.4 is 0 Å². The highest BCUT2D eigenvalue weighted by Gasteiger charge is 2.42. The standard InChI is InChI=1S/C14H23NO3/c1-3-18-14(17)13-10-12(13)8-6-4-5-7-9-15(2)11-16/h6,8,11-13H,3-5,7,9-10H2,1-2H3/b8-6-/t12-,13+/m1/s1. The van der Waals surface area contributed by atoms with Crippen LogP contribution in [0.3, 0.4) is 0 Å². The van der Waals surface area contributed by atoms with E-state index >= 15 is 0 Å². The maximum atomic E-state index is 11.4. The number of esters is 1. The van der Waals surface area contributed by atoms with Gasteiger partial charge in [0.15, 0.2) is 0 Å². The molecule has 0 aromatic heterocycles. The Labute approximate surface area is 109 Å². The van der Waals surface area contributed by atoms with E-state index in [1.54, 1.807) is 11.9 Å². The fourth-order valence-corrected chi connectivity index (χ4v) is 1.89. The Morgan fingerprint density at radius 3 is 2.89 bits per heavy atom. The number of carbonyl (C=O) groups excluding carboxylic acids is 2. The SMILES string of the molecule is CCOC(=O)[C@H]1C[C@H]1/C=C\CCCCN(C)C=O. The lowest BCUT2D eigenvalue weighted by atomic mass is 10.2. The number of carbonyl (C=O) groups is 2. The summed E-state index contributed by atoms with van der Waals surface area (Å²) < 4.78 is 4.97. The zero-order valence-corrected chi connectivity index (χ0v) is 11.3. The lowest BCUT2D eigenvalue weighted by Gasteiger charge is -2.08. The molecule has 4 nitrogen and oxygen atoms in total. The first-order valence-electron chi connectivity index (χ1n) is 6.67. The first-order valence-corrected chi connectivity index (χ1v) is 6.67. The van der Waals surface area contributed by atoms with Gasteiger partial charge in [0, 0.05) is 13.6 Å². The van der Waals surface area contributed by atoms with Gasteiger partial charge in [-0.25, -0.2) is 0 Å². The van der Waals surface area contributed by atoms with Crippen molar-refractivity contribution in [3.8, 4) is 0 Å². The van der Waals surface area contributed by atoms with Crippen LogP contribution >= 0.6 is 0 Å². The fraction of sp³-hybridized carbons (Fsp3) is 0.714. The molecule has 0 radical (unpaired) electrons. The molecule has 0 N–H and O–H groups in total. The molecule has 102 valence electrons. The van der Waals surface area contributed by atoms with E-state index < -0.39 is 0 Å². The van der Waals surface area contributed by atoms with Crippen molar-refractivity contribution < 1.29 is 14.3 Å². The summed E-state index contributed by atoms with van der Waals surface area (Å²) in [6.07, 6.45) is 9.17. The number of allylic oxidation sites excluding steroid dienone is 2. The predicted octanol–water partition coefficient (Wildman–Crippen LogP) is 2.00. The molecule has 0 heterocycles. The number of hydrogen-bond acceptors (Lipinski definition) is 3. The van der Waals surface area contributed by atoms with E-state index in [1.165, 1.54) is 0 Å². The van der Waals surface area contributed by atoms with Gasteiger partial charge in [0.2, 0.25) is 6.41 Å². The maximum Gasteiger partial charge on any atom is 0.309 e. The van der Waals surface area contributed by atoms with Crippen LogP contribution in [0.15, 0.2) is 12.2 Å². The van der Waals surface area contributed by atoms with Gasteiger partial charge >= 0.3 is 5.97 Å². The molecule has 1 amide bonds. The third-order valence-corrected chi connectivity index (χ3v) is 3.12. The number of rotatable bonds is 9. The molecule has 0 aromatic rings. The normalized spacial score (nSPS) is 21.9. The van der Waals surface area contributed by atoms with E-state index in [0.29, 0.717) is 12.5 Å². The minimum Gasteiger partial charge on any atom is -0.466 e. The molecule has 1 rings (SSSR count). The third-order valence-electron chi connectivity index (χ3n) is 3.12. The van der Waals surface area contributed by atoms with Crippen molar-refractivity contribution in [3.63, 3.8) is 0 Å². The lowest BCUT2D eigenvalue weighted by Crippen LogP contribution is -2.16. The molecule has 0 bridgehead atoms. The van der Waals surface area contributed by atoms with E-state index in [-0.39, 0.29) is 11.9 Å². The van der Waals surface area contributed by atoms with Crippen LogP contribution in [0.4, 0.5) is 0 Å². The second kappa shape index (κ2) is 7.90. The van der Waals surface area contributed by atoms with Crippen molar-refractivity contribution in [3.05, 3.63) is 12.2 Å². The first-order chi connectivity index (χ1) is 8.69. The molecular weight excluding hydrogens is 230 g/mol. The first kappa shape index (κ1) is 14.7. The quantitative estimate of drug-likeness (QED) is 0.273. The van der Waals surface area contributed by atoms with Gasteiger partial charge in [-0.15, -0.1) is 0 Å². The van der Waals surface area contributed by atoms with Crippen LogP contribution in [-0.4, -0.2) is 37.5 Å². The Hall–Kier alpha value is -1.32. The summed E-state index contributed by atoms with van der Waals surface area (Å²) >= 11 is 0. The van der Waals surface area contributed by atoms with Crippen molar-refractivity contribution in [2.45, 2.75) is 32.6 Å². The summed E-state index contributed by atoms with van der Waals surface area (Å²) in [6, 6.07) is 0. The highest BCUT2D eigenvalue weighted by Crippen LogP contribution is 2.40. The van der Waals surface area contributed by atoms with E-state index in [1.807, 2.05) is 6.92 Å². The molecule has 18 heavy (non-hydrogen) atoms. The fourth-order valence-electron chi connectivity index (χ4n) is 1.89. The van der Waals surface area contributed by atoms with Gasteiger partial charge in [-0.1, -0.05) is 12.2 Å². The molecule has 0 aromatic carbocycles. The van der Waals surface area contributed by atoms with Crippen LogP contribution in [0.1, 0.15) is 32.6 Å². The highest BCUT2D eigenvalue weighted by atomic mass is 16.5. The monoisotopic (exact) mass is 253 g/mol. The van der Waals surface area contributed by atoms with Crippen LogP contribution in [0, 0.1) is 11.8 Å². The van der Waals surface area contributed by atoms with Gasteiger partial charge in [0.1, 0.15) is 0 Å². The summed E-state index contributed by atoms with van der Waals surface area (Å²) in [5.74, 6) is 0.434. The van der Waals surface area contributed by atoms with Crippen LogP contribution in [-0.2, 0) is 14.3 Å². The average molecular weight is 253 g/mol. The molecule has 1 aliphatic rings. The van der Waals surface area contributed by atoms with Crippen LogP contribution in [0.5, 0.6) is 0 Å². The summed E-state index contributed by atoms with van der Waals surface area (Å²) in [6.45, 7) is 3.11. The van der Waals surface area contributed by atoms with Crippen molar-refractivity contribution in [1.82, 2.24) is 4.90 Å². The maximum absolute atomic E-state index is 11.4. The zero-order valence-electron chi connectivity index (χ0n) is 11.3. The lowest BCUT2D eigenvalue weighted by molar-refractivity contribution is -0.144. The summed E-state index contributed by atoms with van der Waals surface area (Å²) in [5, 5.41) is 0. The number of nitrogens with zero attached hydrogens (tertiary/aromatic N) is 1. The van der Waals surface area contributed by atoms with Gasteiger partial charge in [-0.2, -0.15) is 0 Å². The number of hydrogen-bond donors (Lipinski definition) is 0. The molecule has 0 unspecified atom stereocenters. The van der Waals surface area contributed by atoms with Crippen LogP contribution in [0.2, 0.25) is 0 Å². The number of ether oxygens (including phenoxy) is 1. The Bertz CT molecular complexity index is 301. The highest BCUT2D eigenvalue weighted by molar-refractivity contribution is 5.76. The third kappa shape index (κ3) is 5.34. The van der Waals surface area contributed by atoms with Gasteiger partial charge in [-0.05, 0) is 38.5 Å². The molecule has 1 aliphatic carbocycles. The second-order valence-corrected chi connectivity index (χ2v) is 4.77. The summed E-state index contributed by atoms with van der Waals surface area (Å²) in [4.78, 5) is 23.4. The van der Waals surface area contributed by atoms with Gasteiger partial charge in [-0.3, -0.25) is 9.59 Å². The van der Waals surface area contributed by atoms with Crippen molar-refractivity contribution in [2.24, 2.45) is 11.8 Å². The number of unbranched alkanes of at least 4 members (excludes halogenated alkanes) is 2. The van der Waals surface area contributed by atoms with E-state index in [0.717, 1.165) is 38.6 Å². The van der Waals surface area contributed by atoms with Crippen LogP contribution in [0.25, 0.3) is 0 Å². The second-order valence-electron chi connectivity index (χ2n) is 4.77. The smallest absolute Gasteiger partial charge is 0.309 e. The molecule has 1 saturated carbocycles. The van der Waals surface area contributed by atoms with Gasteiger partial charge < -0.3 is 9.64 Å². The molecule has 0 spiro atoms. The van der Waals surface area contributed by atoms with Crippen molar-refractivity contribution in [2.75, 3.05) is 20.2 Å². The molecule has 0 saturated heterocycles. The van der Waals surface area contributed by atoms with Gasteiger partial charge in [0.05, 0.1) is 12.5 Å². The zero-order chi connectivity index (χ0) is 13.4. The van der Waals surface area contributed by atoms with E-state index in [2.05, 4.69) is 12.2 Å². The average Bonchev–Trinajstić information content (AvgIpc) is 3.13. The van der Waals surface area contributed by atoms with E-state index in [4.69, 9.17) is 4.74 Å². The molecule has 2 atom stereocenters. The minimum atomic E-state index is -0.0558. The van der Waals surface area contributed by atoms with Crippen molar-refractivity contribution >= 4 is 12.4 Å². The van der Waals surface area contributed by atoms with Gasteiger partial charge in [0.25, 0.3) is 0 Å². The molecule has 4 heteroatoms. The topological polar surface area (TPSA) is 46.6 Å². The molecular formula is C14H23NO3. The van der Waals surface area contributed by atoms with Crippen molar-refractivity contribution in [1.29, 1.82) is 0 Å². The van der Waals surface area contributed by atoms with E-state index in [9.17, 15) is 9.59 Å². The number of amides is 1. The Balaban J connectivity index is 2.02. The Kier molecular flexibility index (Phi) is 6.47. The largest absolute Gasteiger partial charge is 0.466 e.